The van der Waals surface area contributed by atoms with Crippen LogP contribution in [0, 0.1) is 0 Å². The van der Waals surface area contributed by atoms with Gasteiger partial charge in [0, 0.05) is 28.8 Å². The number of hydrogen-bond acceptors (Lipinski definition) is 3. The van der Waals surface area contributed by atoms with E-state index in [1.807, 2.05) is 6.92 Å². The molecule has 0 amide bonds. The van der Waals surface area contributed by atoms with Crippen LogP contribution in [0.25, 0.3) is 0 Å². The van der Waals surface area contributed by atoms with Gasteiger partial charge in [-0.15, -0.1) is 0 Å². The molecule has 0 rings (SSSR count). The summed E-state index contributed by atoms with van der Waals surface area (Å²) < 4.78 is 0. The second-order valence-corrected chi connectivity index (χ2v) is 5.80. The molecule has 3 N–H and O–H groups in total. The van der Waals surface area contributed by atoms with Crippen molar-refractivity contribution in [3.05, 3.63) is 0 Å². The predicted molar refractivity (Wildman–Crippen MR) is 100 cm³/mol. The van der Waals surface area contributed by atoms with Gasteiger partial charge in [-0.25, -0.2) is 0 Å². The SMILES string of the molecule is CCCCCCCCCCCCCC(=O)CC(=O)O.CCN.[Au].[NaH]. The first-order valence-corrected chi connectivity index (χ1v) is 9.01. The first-order chi connectivity index (χ1) is 10.6. The zero-order valence-electron chi connectivity index (χ0n) is 15.0. The molecule has 6 heteroatoms. The third kappa shape index (κ3) is 34.2. The van der Waals surface area contributed by atoms with E-state index in [9.17, 15) is 9.59 Å². The van der Waals surface area contributed by atoms with Crippen LogP contribution >= 0.6 is 0 Å². The van der Waals surface area contributed by atoms with E-state index < -0.39 is 5.97 Å². The molecule has 145 valence electrons. The standard InChI is InChI=1S/C16H30O3.C2H7N.Au.Na.H/c1-2-3-4-5-6-7-8-9-10-11-12-13-15(17)14-16(18)19;1-2-3;;;/h2-14H2,1H3,(H,18,19);2-3H2,1H3;;;. The van der Waals surface area contributed by atoms with E-state index in [0.29, 0.717) is 6.42 Å². The molecule has 0 aliphatic carbocycles. The second kappa shape index (κ2) is 28.6. The summed E-state index contributed by atoms with van der Waals surface area (Å²) in [5.74, 6) is -1.14. The Bertz CT molecular complexity index is 267. The van der Waals surface area contributed by atoms with Gasteiger partial charge in [0.05, 0.1) is 0 Å². The molecule has 0 aliphatic heterocycles. The van der Waals surface area contributed by atoms with Gasteiger partial charge < -0.3 is 10.8 Å². The number of carbonyl (C=O) groups excluding carboxylic acids is 1. The molecule has 0 aliphatic rings. The summed E-state index contributed by atoms with van der Waals surface area (Å²) in [6.45, 7) is 4.89. The van der Waals surface area contributed by atoms with E-state index in [2.05, 4.69) is 6.92 Å². The summed E-state index contributed by atoms with van der Waals surface area (Å²) in [6.07, 6.45) is 13.9. The molecule has 0 heterocycles. The van der Waals surface area contributed by atoms with Gasteiger partial charge >= 0.3 is 35.5 Å². The third-order valence-corrected chi connectivity index (χ3v) is 3.41. The van der Waals surface area contributed by atoms with Crippen molar-refractivity contribution in [2.45, 2.75) is 97.3 Å². The number of ketones is 1. The van der Waals surface area contributed by atoms with Gasteiger partial charge in [-0.1, -0.05) is 78.1 Å². The van der Waals surface area contributed by atoms with Crippen LogP contribution in [0.3, 0.4) is 0 Å². The molecule has 0 aromatic heterocycles. The van der Waals surface area contributed by atoms with Gasteiger partial charge in [0.2, 0.25) is 0 Å². The molecule has 0 aromatic rings. The summed E-state index contributed by atoms with van der Waals surface area (Å²) in [5.41, 5.74) is 4.85. The molecule has 0 unspecified atom stereocenters. The number of carbonyl (C=O) groups is 2. The Morgan fingerprint density at radius 2 is 1.12 bits per heavy atom. The normalized spacial score (nSPS) is 9.12. The molecule has 24 heavy (non-hydrogen) atoms. The molecule has 0 fully saturated rings. The molecule has 0 saturated carbocycles. The average Bonchev–Trinajstić information content (AvgIpc) is 2.45. The number of hydrogen-bond donors (Lipinski definition) is 2. The van der Waals surface area contributed by atoms with Crippen LogP contribution in [0.5, 0.6) is 0 Å². The number of carboxylic acid groups (broad SMARTS) is 1. The first kappa shape index (κ1) is 32.5. The van der Waals surface area contributed by atoms with E-state index in [0.717, 1.165) is 19.4 Å². The zero-order chi connectivity index (χ0) is 17.1. The maximum absolute atomic E-state index is 11.1. The minimum absolute atomic E-state index is 0. The first-order valence-electron chi connectivity index (χ1n) is 9.01. The van der Waals surface area contributed by atoms with Gasteiger partial charge in [0.1, 0.15) is 12.2 Å². The van der Waals surface area contributed by atoms with Crippen LogP contribution in [0.4, 0.5) is 0 Å². The van der Waals surface area contributed by atoms with Crippen LogP contribution in [-0.4, -0.2) is 53.0 Å². The summed E-state index contributed by atoms with van der Waals surface area (Å²) in [5, 5.41) is 8.44. The number of unbranched alkanes of at least 4 members (excludes halogenated alkanes) is 10. The van der Waals surface area contributed by atoms with Crippen molar-refractivity contribution in [1.82, 2.24) is 0 Å². The number of rotatable bonds is 14. The summed E-state index contributed by atoms with van der Waals surface area (Å²) >= 11 is 0. The number of carboxylic acids is 1. The fourth-order valence-corrected chi connectivity index (χ4v) is 2.24. The van der Waals surface area contributed by atoms with Crippen LogP contribution in [-0.2, 0) is 32.0 Å². The van der Waals surface area contributed by atoms with Crippen molar-refractivity contribution >= 4 is 41.3 Å². The van der Waals surface area contributed by atoms with Gasteiger partial charge in [0.15, 0.2) is 0 Å². The molecule has 0 atom stereocenters. The number of Topliss-reactive ketones (excluding diaryl/α,β-unsaturated/α-hetero) is 1. The Kier molecular flexibility index (Phi) is 38.8. The molecular weight excluding hydrogens is 498 g/mol. The van der Waals surface area contributed by atoms with Crippen LogP contribution < -0.4 is 5.73 Å². The predicted octanol–water partition coefficient (Wildman–Crippen LogP) is 4.05. The molecule has 0 saturated heterocycles. The average molecular weight is 536 g/mol. The van der Waals surface area contributed by atoms with E-state index in [-0.39, 0.29) is 64.1 Å². The molecule has 4 nitrogen and oxygen atoms in total. The Morgan fingerprint density at radius 1 is 0.792 bits per heavy atom. The molecule has 0 bridgehead atoms. The van der Waals surface area contributed by atoms with Crippen molar-refractivity contribution in [3.63, 3.8) is 0 Å². The topological polar surface area (TPSA) is 80.4 Å². The summed E-state index contributed by atoms with van der Waals surface area (Å²) in [7, 11) is 0. The van der Waals surface area contributed by atoms with Crippen molar-refractivity contribution in [1.29, 1.82) is 0 Å². The zero-order valence-corrected chi connectivity index (χ0v) is 17.2. The summed E-state index contributed by atoms with van der Waals surface area (Å²) in [6, 6.07) is 0. The molecule has 0 spiro atoms. The Hall–Kier alpha value is 0.840. The van der Waals surface area contributed by atoms with Crippen molar-refractivity contribution in [3.8, 4) is 0 Å². The fourth-order valence-electron chi connectivity index (χ4n) is 2.24. The third-order valence-electron chi connectivity index (χ3n) is 3.41. The van der Waals surface area contributed by atoms with Gasteiger partial charge in [-0.05, 0) is 13.0 Å². The van der Waals surface area contributed by atoms with Gasteiger partial charge in [-0.3, -0.25) is 9.59 Å². The summed E-state index contributed by atoms with van der Waals surface area (Å²) in [4.78, 5) is 21.4. The van der Waals surface area contributed by atoms with Crippen molar-refractivity contribution < 1.29 is 37.1 Å². The number of nitrogens with two attached hydrogens (primary N) is 1. The molecular formula is C18H38AuNNaO3. The van der Waals surface area contributed by atoms with E-state index in [1.165, 1.54) is 57.8 Å². The van der Waals surface area contributed by atoms with Crippen LogP contribution in [0.1, 0.15) is 97.3 Å². The molecule has 0 aromatic carbocycles. The van der Waals surface area contributed by atoms with Gasteiger partial charge in [-0.2, -0.15) is 0 Å². The van der Waals surface area contributed by atoms with E-state index in [4.69, 9.17) is 10.8 Å². The Balaban J connectivity index is -0.000000370. The fraction of sp³-hybridized carbons (Fsp3) is 0.889. The Morgan fingerprint density at radius 3 is 1.46 bits per heavy atom. The van der Waals surface area contributed by atoms with Crippen molar-refractivity contribution in [2.75, 3.05) is 6.54 Å². The van der Waals surface area contributed by atoms with E-state index >= 15 is 0 Å². The second-order valence-electron chi connectivity index (χ2n) is 5.80. The van der Waals surface area contributed by atoms with Gasteiger partial charge in [0.25, 0.3) is 0 Å². The number of aliphatic carboxylic acids is 1. The van der Waals surface area contributed by atoms with Crippen LogP contribution in [0.2, 0.25) is 0 Å². The maximum atomic E-state index is 11.1. The van der Waals surface area contributed by atoms with Crippen molar-refractivity contribution in [2.24, 2.45) is 5.73 Å². The van der Waals surface area contributed by atoms with Crippen LogP contribution in [0.15, 0.2) is 0 Å². The Labute approximate surface area is 186 Å². The monoisotopic (exact) mass is 536 g/mol. The minimum atomic E-state index is -1.01. The molecule has 1 radical (unpaired) electrons. The van der Waals surface area contributed by atoms with E-state index in [1.54, 1.807) is 0 Å². The quantitative estimate of drug-likeness (QED) is 0.200.